The van der Waals surface area contributed by atoms with E-state index in [-0.39, 0.29) is 39.3 Å². The Bertz CT molecular complexity index is 4650. The predicted octanol–water partition coefficient (Wildman–Crippen LogP) is 21.2. The van der Waals surface area contributed by atoms with Crippen molar-refractivity contribution in [1.82, 2.24) is 0 Å². The summed E-state index contributed by atoms with van der Waals surface area (Å²) >= 11 is 0. The van der Waals surface area contributed by atoms with Gasteiger partial charge in [0.15, 0.2) is 0 Å². The molecule has 0 unspecified atom stereocenters. The summed E-state index contributed by atoms with van der Waals surface area (Å²) < 4.78 is 0. The molecule has 0 saturated carbocycles. The maximum absolute atomic E-state index is 15.1. The summed E-state index contributed by atoms with van der Waals surface area (Å²) in [5.41, 5.74) is 8.68. The van der Waals surface area contributed by atoms with Gasteiger partial charge in [-0.2, -0.15) is 0 Å². The number of para-hydroxylation sites is 12. The Morgan fingerprint density at radius 1 is 0.137 bits per heavy atom. The van der Waals surface area contributed by atoms with Crippen LogP contribution < -0.4 is 29.4 Å². The number of nitrogens with zero attached hydrogens (tertiary/aromatic N) is 6. The molecule has 0 radical (unpaired) electrons. The van der Waals surface area contributed by atoms with E-state index in [1.165, 1.54) is 0 Å². The normalized spacial score (nSPS) is 10.6. The third-order valence-corrected chi connectivity index (χ3v) is 16.8. The zero-order valence-electron chi connectivity index (χ0n) is 55.2. The van der Waals surface area contributed by atoms with Crippen LogP contribution >= 0.6 is 0 Å². The molecule has 0 fully saturated rings. The second-order valence-electron chi connectivity index (χ2n) is 23.4. The molecule has 0 heterocycles. The lowest BCUT2D eigenvalue weighted by Crippen LogP contribution is -2.32. The van der Waals surface area contributed by atoms with E-state index in [0.29, 0.717) is 68.2 Å². The SMILES string of the molecule is O=C(c1cc(C(=O)N(c2ccccc2)c2ccccc2)cc(C(=O)N(c2ccccc2)c2ccccc2)c1)N(c1ccccc1)c1ccccc1.O=C(c1ccc(C(=O)N(c2ccccc2)c2ccccc2)c(C(=O)N(c2ccccc2)c2ccccc2)c1)N(c1ccccc1)c1ccccc1. The third kappa shape index (κ3) is 15.0. The van der Waals surface area contributed by atoms with Crippen molar-refractivity contribution >= 4 is 104 Å². The van der Waals surface area contributed by atoms with Crippen molar-refractivity contribution < 1.29 is 28.8 Å². The summed E-state index contributed by atoms with van der Waals surface area (Å²) in [6.45, 7) is 0. The maximum atomic E-state index is 15.1. The van der Waals surface area contributed by atoms with Gasteiger partial charge in [-0.15, -0.1) is 0 Å². The van der Waals surface area contributed by atoms with Crippen molar-refractivity contribution in [2.75, 3.05) is 29.4 Å². The standard InChI is InChI=1S/2C45H33N3O3/c49-43(46(37-19-7-1-8-20-37)38-21-9-2-10-22-38)34-31-35(44(50)47(39-23-11-3-12-24-39)40-25-13-4-14-26-40)33-36(32-34)45(51)48(41-27-15-5-16-28-41)42-29-17-6-18-30-42;49-43(46(35-19-7-1-8-20-35)36-21-9-2-10-22-36)34-31-32-41(44(50)47(37-23-11-3-12-24-37)38-25-13-4-14-26-38)42(33-34)45(51)48(39-27-15-5-16-28-39)40-29-17-6-18-30-40/h2*1-33H. The minimum absolute atomic E-state index is 0.0801. The Balaban J connectivity index is 0.000000182. The van der Waals surface area contributed by atoms with Crippen molar-refractivity contribution in [3.8, 4) is 0 Å². The fourth-order valence-electron chi connectivity index (χ4n) is 12.0. The van der Waals surface area contributed by atoms with Crippen LogP contribution in [-0.4, -0.2) is 35.4 Å². The van der Waals surface area contributed by atoms with E-state index < -0.39 is 29.5 Å². The van der Waals surface area contributed by atoms with Crippen LogP contribution in [0.3, 0.4) is 0 Å². The van der Waals surface area contributed by atoms with E-state index in [2.05, 4.69) is 0 Å². The quantitative estimate of drug-likeness (QED) is 0.0843. The van der Waals surface area contributed by atoms with Crippen molar-refractivity contribution in [1.29, 1.82) is 0 Å². The van der Waals surface area contributed by atoms with E-state index in [1.807, 2.05) is 364 Å². The summed E-state index contributed by atoms with van der Waals surface area (Å²) in [7, 11) is 0. The highest BCUT2D eigenvalue weighted by atomic mass is 16.2. The molecule has 0 aliphatic heterocycles. The second-order valence-corrected chi connectivity index (χ2v) is 23.4. The van der Waals surface area contributed by atoms with E-state index in [4.69, 9.17) is 0 Å². The monoisotopic (exact) mass is 1330 g/mol. The van der Waals surface area contributed by atoms with Crippen molar-refractivity contribution in [3.05, 3.63) is 434 Å². The van der Waals surface area contributed by atoms with Gasteiger partial charge in [-0.25, -0.2) is 0 Å². The Labute approximate surface area is 592 Å². The molecule has 0 saturated heterocycles. The fraction of sp³-hybridized carbons (Fsp3) is 0. The molecule has 0 bridgehead atoms. The van der Waals surface area contributed by atoms with Crippen LogP contribution in [0.25, 0.3) is 0 Å². The zero-order chi connectivity index (χ0) is 70.0. The lowest BCUT2D eigenvalue weighted by molar-refractivity contribution is 0.0965. The first-order valence-electron chi connectivity index (χ1n) is 33.1. The Morgan fingerprint density at radius 3 is 0.461 bits per heavy atom. The van der Waals surface area contributed by atoms with Gasteiger partial charge in [-0.3, -0.25) is 58.2 Å². The molecular weight excluding hydrogens is 1260 g/mol. The van der Waals surface area contributed by atoms with Gasteiger partial charge in [0.05, 0.1) is 11.1 Å². The molecule has 14 rings (SSSR count). The summed E-state index contributed by atoms with van der Waals surface area (Å²) in [6.07, 6.45) is 0. The third-order valence-electron chi connectivity index (χ3n) is 16.8. The highest BCUT2D eigenvalue weighted by molar-refractivity contribution is 6.23. The molecule has 102 heavy (non-hydrogen) atoms. The Kier molecular flexibility index (Phi) is 20.8. The molecule has 0 aliphatic carbocycles. The van der Waals surface area contributed by atoms with Crippen molar-refractivity contribution in [3.63, 3.8) is 0 Å². The average molecular weight is 1330 g/mol. The lowest BCUT2D eigenvalue weighted by atomic mass is 9.99. The highest BCUT2D eigenvalue weighted by Crippen LogP contribution is 2.37. The number of hydrogen-bond acceptors (Lipinski definition) is 6. The van der Waals surface area contributed by atoms with E-state index in [9.17, 15) is 24.0 Å². The minimum atomic E-state index is -0.461. The number of rotatable bonds is 18. The number of amides is 6. The number of hydrogen-bond donors (Lipinski definition) is 0. The molecule has 0 N–H and O–H groups in total. The number of anilines is 12. The first-order valence-corrected chi connectivity index (χ1v) is 33.1. The molecule has 12 heteroatoms. The van der Waals surface area contributed by atoms with E-state index in [0.717, 1.165) is 0 Å². The maximum Gasteiger partial charge on any atom is 0.263 e. The predicted molar refractivity (Wildman–Crippen MR) is 409 cm³/mol. The van der Waals surface area contributed by atoms with Gasteiger partial charge < -0.3 is 0 Å². The summed E-state index contributed by atoms with van der Waals surface area (Å²) in [4.78, 5) is 98.5. The van der Waals surface area contributed by atoms with Crippen LogP contribution in [0.4, 0.5) is 68.2 Å². The largest absolute Gasteiger partial charge is 0.277 e. The van der Waals surface area contributed by atoms with Gasteiger partial charge in [0.1, 0.15) is 0 Å². The van der Waals surface area contributed by atoms with E-state index >= 15 is 4.79 Å². The molecule has 0 atom stereocenters. The average Bonchev–Trinajstić information content (AvgIpc) is 0.778. The zero-order valence-corrected chi connectivity index (χ0v) is 55.2. The number of carbonyl (C=O) groups is 6. The minimum Gasteiger partial charge on any atom is -0.277 e. The highest BCUT2D eigenvalue weighted by Gasteiger charge is 2.33. The topological polar surface area (TPSA) is 122 Å². The van der Waals surface area contributed by atoms with Gasteiger partial charge >= 0.3 is 0 Å². The number of carbonyl (C=O) groups excluding carboxylic acids is 6. The van der Waals surface area contributed by atoms with Crippen LogP contribution in [0.1, 0.15) is 62.1 Å². The van der Waals surface area contributed by atoms with Crippen molar-refractivity contribution in [2.45, 2.75) is 0 Å². The lowest BCUT2D eigenvalue weighted by Gasteiger charge is -2.28. The Morgan fingerprint density at radius 2 is 0.284 bits per heavy atom. The van der Waals surface area contributed by atoms with Crippen LogP contribution in [-0.2, 0) is 0 Å². The fourth-order valence-corrected chi connectivity index (χ4v) is 12.0. The smallest absolute Gasteiger partial charge is 0.263 e. The van der Waals surface area contributed by atoms with Gasteiger partial charge in [0, 0.05) is 90.5 Å². The molecule has 492 valence electrons. The van der Waals surface area contributed by atoms with E-state index in [1.54, 1.807) is 65.8 Å². The van der Waals surface area contributed by atoms with Gasteiger partial charge in [-0.05, 0) is 182 Å². The summed E-state index contributed by atoms with van der Waals surface area (Å²) in [6, 6.07) is 121. The van der Waals surface area contributed by atoms with Crippen LogP contribution in [0, 0.1) is 0 Å². The first kappa shape index (κ1) is 66.5. The summed E-state index contributed by atoms with van der Waals surface area (Å²) in [5, 5.41) is 0. The molecule has 12 nitrogen and oxygen atoms in total. The molecule has 6 amide bonds. The van der Waals surface area contributed by atoms with Gasteiger partial charge in [0.2, 0.25) is 0 Å². The molecule has 14 aromatic carbocycles. The molecule has 0 aromatic heterocycles. The molecule has 0 spiro atoms. The van der Waals surface area contributed by atoms with Crippen LogP contribution in [0.2, 0.25) is 0 Å². The van der Waals surface area contributed by atoms with Crippen LogP contribution in [0.15, 0.2) is 400 Å². The Hall–Kier alpha value is -14.1. The van der Waals surface area contributed by atoms with Gasteiger partial charge in [0.25, 0.3) is 35.4 Å². The molecular formula is C90H66N6O6. The van der Waals surface area contributed by atoms with Crippen molar-refractivity contribution in [2.24, 2.45) is 0 Å². The first-order chi connectivity index (χ1) is 50.2. The van der Waals surface area contributed by atoms with Crippen LogP contribution in [0.5, 0.6) is 0 Å². The summed E-state index contributed by atoms with van der Waals surface area (Å²) in [5.74, 6) is -2.42. The number of benzene rings is 14. The molecule has 0 aliphatic rings. The van der Waals surface area contributed by atoms with Gasteiger partial charge in [-0.1, -0.05) is 218 Å². The second kappa shape index (κ2) is 31.8. The molecule has 14 aromatic rings.